The number of aromatic nitrogens is 1. The fourth-order valence-corrected chi connectivity index (χ4v) is 4.24. The van der Waals surface area contributed by atoms with Crippen molar-refractivity contribution in [2.45, 2.75) is 15.7 Å². The third-order valence-electron chi connectivity index (χ3n) is 4.62. The zero-order valence-corrected chi connectivity index (χ0v) is 21.9. The van der Waals surface area contributed by atoms with Crippen LogP contribution in [0.4, 0.5) is 0 Å². The number of Topliss-reactive ketones (excluding diaryl/α,β-unsaturated/α-hetero) is 2. The summed E-state index contributed by atoms with van der Waals surface area (Å²) >= 11 is 0. The molecule has 1 aliphatic rings. The number of hydrogen-bond acceptors (Lipinski definition) is 7. The molecule has 4 rings (SSSR count). The predicted octanol–water partition coefficient (Wildman–Crippen LogP) is -3.88. The Kier molecular flexibility index (Phi) is 7.71. The van der Waals surface area contributed by atoms with Crippen molar-refractivity contribution in [3.8, 4) is 0 Å². The Balaban J connectivity index is 0.00000256. The SMILES string of the molecule is O=C1c2ccc(S(=O)(=O)O)cc2C(=O)C1c1ccc2ccc(S(=O)(=O)O)cc2n1.[H-].[H-].[Na+].[Na+]. The Hall–Kier alpha value is -0.990. The van der Waals surface area contributed by atoms with E-state index in [4.69, 9.17) is 4.55 Å². The fraction of sp³-hybridized carbons (Fsp3) is 0.0556. The summed E-state index contributed by atoms with van der Waals surface area (Å²) in [6.07, 6.45) is 0. The van der Waals surface area contributed by atoms with Gasteiger partial charge in [-0.1, -0.05) is 12.1 Å². The van der Waals surface area contributed by atoms with Gasteiger partial charge in [0.25, 0.3) is 20.2 Å². The number of pyridine rings is 1. The van der Waals surface area contributed by atoms with Crippen LogP contribution in [0, 0.1) is 0 Å². The summed E-state index contributed by atoms with van der Waals surface area (Å²) in [6, 6.07) is 9.80. The number of benzene rings is 2. The van der Waals surface area contributed by atoms with Gasteiger partial charge in [0.05, 0.1) is 21.0 Å². The third kappa shape index (κ3) is 4.86. The van der Waals surface area contributed by atoms with E-state index >= 15 is 0 Å². The Bertz CT molecular complexity index is 1460. The first-order valence-corrected chi connectivity index (χ1v) is 10.9. The molecule has 0 saturated carbocycles. The molecule has 0 aliphatic heterocycles. The summed E-state index contributed by atoms with van der Waals surface area (Å²) in [5, 5.41) is 0.519. The maximum atomic E-state index is 12.8. The van der Waals surface area contributed by atoms with Gasteiger partial charge in [0, 0.05) is 16.5 Å². The van der Waals surface area contributed by atoms with Crippen molar-refractivity contribution in [3.05, 3.63) is 65.4 Å². The summed E-state index contributed by atoms with van der Waals surface area (Å²) in [5.74, 6) is -2.61. The van der Waals surface area contributed by atoms with Crippen molar-refractivity contribution in [2.24, 2.45) is 0 Å². The Labute approximate surface area is 224 Å². The largest absolute Gasteiger partial charge is 1.00 e. The second-order valence-electron chi connectivity index (χ2n) is 6.41. The second kappa shape index (κ2) is 9.10. The summed E-state index contributed by atoms with van der Waals surface area (Å²) in [7, 11) is -9.02. The van der Waals surface area contributed by atoms with E-state index in [0.717, 1.165) is 24.3 Å². The molecule has 0 saturated heterocycles. The molecule has 13 heteroatoms. The smallest absolute Gasteiger partial charge is 1.00 e. The van der Waals surface area contributed by atoms with Gasteiger partial charge in [0.15, 0.2) is 11.6 Å². The van der Waals surface area contributed by atoms with Crippen LogP contribution in [-0.2, 0) is 20.2 Å². The molecule has 1 heterocycles. The van der Waals surface area contributed by atoms with Gasteiger partial charge in [0.1, 0.15) is 5.92 Å². The quantitative estimate of drug-likeness (QED) is 0.217. The Morgan fingerprint density at radius 1 is 0.742 bits per heavy atom. The number of hydrogen-bond donors (Lipinski definition) is 2. The van der Waals surface area contributed by atoms with Crippen LogP contribution in [-0.4, -0.2) is 42.5 Å². The van der Waals surface area contributed by atoms with Crippen LogP contribution in [0.15, 0.2) is 58.3 Å². The van der Waals surface area contributed by atoms with Crippen LogP contribution in [0.25, 0.3) is 10.9 Å². The average Bonchev–Trinajstić information content (AvgIpc) is 2.89. The molecule has 0 radical (unpaired) electrons. The standard InChI is InChI=1S/C18H11NO8S2.2Na.2H/c20-17-12-5-4-10(28(22,23)24)7-13(12)18(21)16(17)14-6-2-9-1-3-11(29(25,26)27)8-15(9)19-14;;;;/h1-8,16H,(H,22,23,24)(H,25,26,27);;;;/q;2*+1;2*-1. The van der Waals surface area contributed by atoms with Crippen LogP contribution in [0.1, 0.15) is 35.2 Å². The molecule has 0 fully saturated rings. The second-order valence-corrected chi connectivity index (χ2v) is 9.25. The fourth-order valence-electron chi connectivity index (χ4n) is 3.24. The van der Waals surface area contributed by atoms with Crippen molar-refractivity contribution < 1.29 is 97.5 Å². The average molecular weight is 481 g/mol. The maximum Gasteiger partial charge on any atom is 1.00 e. The third-order valence-corrected chi connectivity index (χ3v) is 6.32. The van der Waals surface area contributed by atoms with Crippen LogP contribution < -0.4 is 59.1 Å². The minimum Gasteiger partial charge on any atom is -1.00 e. The number of fused-ring (bicyclic) bond motifs is 2. The molecule has 31 heavy (non-hydrogen) atoms. The van der Waals surface area contributed by atoms with Crippen LogP contribution >= 0.6 is 0 Å². The van der Waals surface area contributed by atoms with Crippen molar-refractivity contribution in [1.29, 1.82) is 0 Å². The number of carbonyl (C=O) groups is 2. The van der Waals surface area contributed by atoms with E-state index in [9.17, 15) is 31.0 Å². The van der Waals surface area contributed by atoms with Gasteiger partial charge in [-0.25, -0.2) is 0 Å². The molecule has 0 bridgehead atoms. The van der Waals surface area contributed by atoms with E-state index < -0.39 is 42.6 Å². The van der Waals surface area contributed by atoms with Crippen molar-refractivity contribution in [3.63, 3.8) is 0 Å². The van der Waals surface area contributed by atoms with Crippen molar-refractivity contribution in [2.75, 3.05) is 0 Å². The van der Waals surface area contributed by atoms with E-state index in [1.165, 1.54) is 18.2 Å². The van der Waals surface area contributed by atoms with E-state index in [-0.39, 0.29) is 89.2 Å². The van der Waals surface area contributed by atoms with Gasteiger partial charge < -0.3 is 2.85 Å². The molecular formula is C18H13NNa2O8S2. The summed E-state index contributed by atoms with van der Waals surface area (Å²) in [6.45, 7) is 0. The summed E-state index contributed by atoms with van der Waals surface area (Å²) in [4.78, 5) is 28.8. The Morgan fingerprint density at radius 3 is 1.87 bits per heavy atom. The Morgan fingerprint density at radius 2 is 1.26 bits per heavy atom. The minimum absolute atomic E-state index is 0. The molecular weight excluding hydrogens is 468 g/mol. The van der Waals surface area contributed by atoms with Crippen LogP contribution in [0.5, 0.6) is 0 Å². The molecule has 9 nitrogen and oxygen atoms in total. The molecule has 2 N–H and O–H groups in total. The van der Waals surface area contributed by atoms with E-state index in [1.54, 1.807) is 6.07 Å². The van der Waals surface area contributed by atoms with Crippen LogP contribution in [0.2, 0.25) is 0 Å². The zero-order chi connectivity index (χ0) is 21.1. The maximum absolute atomic E-state index is 12.8. The molecule has 152 valence electrons. The van der Waals surface area contributed by atoms with E-state index in [1.807, 2.05) is 0 Å². The topological polar surface area (TPSA) is 156 Å². The number of carbonyl (C=O) groups excluding carboxylic acids is 2. The molecule has 0 amide bonds. The predicted molar refractivity (Wildman–Crippen MR) is 101 cm³/mol. The molecule has 2 aromatic carbocycles. The summed E-state index contributed by atoms with van der Waals surface area (Å²) in [5.41, 5.74) is 0.0436. The zero-order valence-electron chi connectivity index (χ0n) is 18.3. The van der Waals surface area contributed by atoms with Gasteiger partial charge in [-0.2, -0.15) is 16.8 Å². The van der Waals surface area contributed by atoms with E-state index in [0.29, 0.717) is 5.39 Å². The first-order valence-electron chi connectivity index (χ1n) is 8.05. The monoisotopic (exact) mass is 481 g/mol. The van der Waals surface area contributed by atoms with Gasteiger partial charge in [-0.05, 0) is 36.4 Å². The number of nitrogens with zero attached hydrogens (tertiary/aromatic N) is 1. The minimum atomic E-state index is -4.55. The van der Waals surface area contributed by atoms with Crippen molar-refractivity contribution in [1.82, 2.24) is 4.98 Å². The number of ketones is 2. The van der Waals surface area contributed by atoms with Crippen molar-refractivity contribution >= 4 is 42.7 Å². The molecule has 1 aromatic heterocycles. The number of rotatable bonds is 3. The van der Waals surface area contributed by atoms with Gasteiger partial charge in [0.2, 0.25) is 0 Å². The molecule has 1 atom stereocenters. The van der Waals surface area contributed by atoms with Gasteiger partial charge in [-0.3, -0.25) is 23.7 Å². The van der Waals surface area contributed by atoms with Gasteiger partial charge in [-0.15, -0.1) is 0 Å². The molecule has 0 spiro atoms. The summed E-state index contributed by atoms with van der Waals surface area (Å²) < 4.78 is 63.6. The van der Waals surface area contributed by atoms with Crippen LogP contribution in [0.3, 0.4) is 0 Å². The first-order chi connectivity index (χ1) is 13.5. The normalized spacial score (nSPS) is 15.9. The molecule has 3 aromatic rings. The first kappa shape index (κ1) is 26.3. The molecule has 1 unspecified atom stereocenters. The molecule has 1 aliphatic carbocycles. The van der Waals surface area contributed by atoms with E-state index in [2.05, 4.69) is 4.98 Å². The van der Waals surface area contributed by atoms with Gasteiger partial charge >= 0.3 is 59.1 Å².